The normalized spacial score (nSPS) is 15.8. The van der Waals surface area contributed by atoms with E-state index in [0.29, 0.717) is 11.9 Å². The van der Waals surface area contributed by atoms with Crippen molar-refractivity contribution in [2.24, 2.45) is 0 Å². The lowest BCUT2D eigenvalue weighted by molar-refractivity contribution is 0.0936. The maximum absolute atomic E-state index is 11.5. The predicted molar refractivity (Wildman–Crippen MR) is 48.4 cm³/mol. The smallest absolute Gasteiger partial charge is 0.287 e. The molecule has 1 amide bonds. The number of aromatic nitrogens is 2. The molecule has 0 atom stereocenters. The molecule has 1 aromatic rings. The second-order valence-electron chi connectivity index (χ2n) is 3.28. The van der Waals surface area contributed by atoms with Crippen molar-refractivity contribution in [1.82, 2.24) is 14.9 Å². The highest BCUT2D eigenvalue weighted by atomic mass is 16.2. The van der Waals surface area contributed by atoms with Crippen molar-refractivity contribution >= 4 is 5.91 Å². The number of nitrogens with zero attached hydrogens (tertiary/aromatic N) is 2. The van der Waals surface area contributed by atoms with Gasteiger partial charge in [0.2, 0.25) is 0 Å². The zero-order valence-corrected chi connectivity index (χ0v) is 7.66. The Morgan fingerprint density at radius 2 is 2.54 bits per heavy atom. The number of rotatable bonds is 3. The summed E-state index contributed by atoms with van der Waals surface area (Å²) >= 11 is 0. The van der Waals surface area contributed by atoms with Crippen molar-refractivity contribution in [3.63, 3.8) is 0 Å². The second-order valence-corrected chi connectivity index (χ2v) is 3.28. The third-order valence-corrected chi connectivity index (χ3v) is 2.17. The molecule has 1 saturated carbocycles. The molecule has 70 valence electrons. The molecule has 4 heteroatoms. The van der Waals surface area contributed by atoms with Crippen LogP contribution in [0.5, 0.6) is 0 Å². The fraction of sp³-hybridized carbons (Fsp3) is 0.556. The first-order chi connectivity index (χ1) is 6.31. The summed E-state index contributed by atoms with van der Waals surface area (Å²) in [4.78, 5) is 15.6. The Morgan fingerprint density at radius 1 is 1.77 bits per heavy atom. The van der Waals surface area contributed by atoms with Gasteiger partial charge in [-0.3, -0.25) is 4.79 Å². The lowest BCUT2D eigenvalue weighted by Gasteiger charge is -2.04. The van der Waals surface area contributed by atoms with Gasteiger partial charge < -0.3 is 9.88 Å². The van der Waals surface area contributed by atoms with Crippen LogP contribution in [0.3, 0.4) is 0 Å². The number of amides is 1. The first kappa shape index (κ1) is 8.29. The van der Waals surface area contributed by atoms with Gasteiger partial charge in [-0.15, -0.1) is 0 Å². The van der Waals surface area contributed by atoms with Crippen LogP contribution in [0.15, 0.2) is 12.4 Å². The summed E-state index contributed by atoms with van der Waals surface area (Å²) in [5.41, 5.74) is 0. The van der Waals surface area contributed by atoms with Crippen LogP contribution in [0.25, 0.3) is 0 Å². The molecular formula is C9H13N3O. The van der Waals surface area contributed by atoms with Crippen molar-refractivity contribution in [2.45, 2.75) is 32.4 Å². The average Bonchev–Trinajstić information content (AvgIpc) is 2.82. The summed E-state index contributed by atoms with van der Waals surface area (Å²) in [5.74, 6) is 0.476. The van der Waals surface area contributed by atoms with Gasteiger partial charge in [0, 0.05) is 25.0 Å². The minimum Gasteiger partial charge on any atom is -0.347 e. The largest absolute Gasteiger partial charge is 0.347 e. The quantitative estimate of drug-likeness (QED) is 0.745. The van der Waals surface area contributed by atoms with Gasteiger partial charge in [-0.1, -0.05) is 0 Å². The van der Waals surface area contributed by atoms with Crippen molar-refractivity contribution in [3.8, 4) is 0 Å². The Morgan fingerprint density at radius 3 is 3.15 bits per heavy atom. The molecule has 0 radical (unpaired) electrons. The number of hydrogen-bond acceptors (Lipinski definition) is 2. The van der Waals surface area contributed by atoms with E-state index in [-0.39, 0.29) is 5.91 Å². The molecule has 13 heavy (non-hydrogen) atoms. The lowest BCUT2D eigenvalue weighted by atomic mass is 10.5. The molecule has 0 aliphatic heterocycles. The third kappa shape index (κ3) is 1.71. The zero-order chi connectivity index (χ0) is 9.26. The van der Waals surface area contributed by atoms with Gasteiger partial charge in [0.05, 0.1) is 0 Å². The molecule has 0 spiro atoms. The molecule has 1 aliphatic rings. The molecule has 0 unspecified atom stereocenters. The monoisotopic (exact) mass is 179 g/mol. The van der Waals surface area contributed by atoms with Gasteiger partial charge in [0.25, 0.3) is 5.91 Å². The molecule has 4 nitrogen and oxygen atoms in total. The number of nitrogens with one attached hydrogen (secondary N) is 1. The minimum absolute atomic E-state index is 0.0469. The van der Waals surface area contributed by atoms with Crippen LogP contribution in [0.2, 0.25) is 0 Å². The molecule has 1 heterocycles. The van der Waals surface area contributed by atoms with Crippen LogP contribution in [0, 0.1) is 0 Å². The molecule has 1 aliphatic carbocycles. The van der Waals surface area contributed by atoms with Gasteiger partial charge in [-0.25, -0.2) is 4.98 Å². The molecule has 1 N–H and O–H groups in total. The Balaban J connectivity index is 2.08. The summed E-state index contributed by atoms with van der Waals surface area (Å²) < 4.78 is 1.84. The number of hydrogen-bond donors (Lipinski definition) is 1. The van der Waals surface area contributed by atoms with Gasteiger partial charge >= 0.3 is 0 Å². The van der Waals surface area contributed by atoms with Crippen molar-refractivity contribution in [1.29, 1.82) is 0 Å². The fourth-order valence-corrected chi connectivity index (χ4v) is 1.25. The summed E-state index contributed by atoms with van der Waals surface area (Å²) in [6.45, 7) is 2.78. The molecular weight excluding hydrogens is 166 g/mol. The Hall–Kier alpha value is -1.32. The molecule has 0 saturated heterocycles. The number of imidazole rings is 1. The number of carbonyl (C=O) groups excluding carboxylic acids is 1. The molecule has 0 bridgehead atoms. The number of aryl methyl sites for hydroxylation is 1. The van der Waals surface area contributed by atoms with E-state index in [9.17, 15) is 4.79 Å². The first-order valence-corrected chi connectivity index (χ1v) is 4.63. The molecule has 0 aromatic carbocycles. The second kappa shape index (κ2) is 3.20. The van der Waals surface area contributed by atoms with E-state index in [4.69, 9.17) is 0 Å². The van der Waals surface area contributed by atoms with Gasteiger partial charge in [0.1, 0.15) is 0 Å². The summed E-state index contributed by atoms with van der Waals surface area (Å²) in [6, 6.07) is 0.398. The van der Waals surface area contributed by atoms with Gasteiger partial charge in [-0.2, -0.15) is 0 Å². The van der Waals surface area contributed by atoms with Crippen LogP contribution in [-0.2, 0) is 6.54 Å². The van der Waals surface area contributed by atoms with E-state index >= 15 is 0 Å². The minimum atomic E-state index is -0.0469. The Bertz CT molecular complexity index is 314. The van der Waals surface area contributed by atoms with Gasteiger partial charge in [-0.05, 0) is 19.8 Å². The Labute approximate surface area is 77.0 Å². The third-order valence-electron chi connectivity index (χ3n) is 2.17. The molecule has 1 aromatic heterocycles. The van der Waals surface area contributed by atoms with Gasteiger partial charge in [0.15, 0.2) is 5.82 Å². The number of carbonyl (C=O) groups is 1. The van der Waals surface area contributed by atoms with Crippen LogP contribution < -0.4 is 5.32 Å². The van der Waals surface area contributed by atoms with E-state index < -0.39 is 0 Å². The van der Waals surface area contributed by atoms with E-state index in [1.807, 2.05) is 17.7 Å². The molecule has 2 rings (SSSR count). The van der Waals surface area contributed by atoms with Crippen LogP contribution in [0.4, 0.5) is 0 Å². The van der Waals surface area contributed by atoms with E-state index in [0.717, 1.165) is 19.4 Å². The SMILES string of the molecule is CCn1ccnc1C(=O)NC1CC1. The lowest BCUT2D eigenvalue weighted by Crippen LogP contribution is -2.28. The summed E-state index contributed by atoms with van der Waals surface area (Å²) in [6.07, 6.45) is 5.70. The highest BCUT2D eigenvalue weighted by Gasteiger charge is 2.25. The highest BCUT2D eigenvalue weighted by molar-refractivity contribution is 5.91. The predicted octanol–water partition coefficient (Wildman–Crippen LogP) is 0.795. The van der Waals surface area contributed by atoms with Crippen LogP contribution >= 0.6 is 0 Å². The summed E-state index contributed by atoms with van der Waals surface area (Å²) in [7, 11) is 0. The van der Waals surface area contributed by atoms with E-state index in [2.05, 4.69) is 10.3 Å². The topological polar surface area (TPSA) is 46.9 Å². The van der Waals surface area contributed by atoms with Crippen LogP contribution in [0.1, 0.15) is 30.4 Å². The van der Waals surface area contributed by atoms with E-state index in [1.165, 1.54) is 0 Å². The highest BCUT2D eigenvalue weighted by Crippen LogP contribution is 2.19. The first-order valence-electron chi connectivity index (χ1n) is 4.63. The van der Waals surface area contributed by atoms with Crippen molar-refractivity contribution in [3.05, 3.63) is 18.2 Å². The van der Waals surface area contributed by atoms with E-state index in [1.54, 1.807) is 6.20 Å². The average molecular weight is 179 g/mol. The van der Waals surface area contributed by atoms with Crippen LogP contribution in [-0.4, -0.2) is 21.5 Å². The fourth-order valence-electron chi connectivity index (χ4n) is 1.25. The zero-order valence-electron chi connectivity index (χ0n) is 7.66. The van der Waals surface area contributed by atoms with Crippen molar-refractivity contribution < 1.29 is 4.79 Å². The standard InChI is InChI=1S/C9H13N3O/c1-2-12-6-5-10-8(12)9(13)11-7-3-4-7/h5-7H,2-4H2,1H3,(H,11,13). The molecule has 1 fully saturated rings. The summed E-state index contributed by atoms with van der Waals surface area (Å²) in [5, 5.41) is 2.91. The Kier molecular flexibility index (Phi) is 2.04. The maximum atomic E-state index is 11.5. The van der Waals surface area contributed by atoms with Crippen molar-refractivity contribution in [2.75, 3.05) is 0 Å². The maximum Gasteiger partial charge on any atom is 0.287 e.